The molecule has 1 N–H and O–H groups in total. The molecule has 1 saturated heterocycles. The average molecular weight is 428 g/mol. The Morgan fingerprint density at radius 1 is 1.19 bits per heavy atom. The van der Waals surface area contributed by atoms with Crippen molar-refractivity contribution >= 4 is 23.5 Å². The zero-order chi connectivity index (χ0) is 22.9. The molecule has 0 spiro atoms. The summed E-state index contributed by atoms with van der Waals surface area (Å²) in [6.07, 6.45) is 0. The second kappa shape index (κ2) is 8.13. The minimum absolute atomic E-state index is 0.146. The number of nitro benzene ring substituents is 1. The third-order valence-corrected chi connectivity index (χ3v) is 5.55. The van der Waals surface area contributed by atoms with E-state index in [1.807, 2.05) is 0 Å². The van der Waals surface area contributed by atoms with Gasteiger partial charge in [-0.2, -0.15) is 0 Å². The van der Waals surface area contributed by atoms with Crippen LogP contribution in [-0.4, -0.2) is 46.2 Å². The summed E-state index contributed by atoms with van der Waals surface area (Å²) in [5.41, 5.74) is -0.537. The molecule has 31 heavy (non-hydrogen) atoms. The highest BCUT2D eigenvalue weighted by molar-refractivity contribution is 6.09. The van der Waals surface area contributed by atoms with E-state index in [2.05, 4.69) is 5.32 Å². The van der Waals surface area contributed by atoms with Crippen molar-refractivity contribution in [2.45, 2.75) is 25.4 Å². The van der Waals surface area contributed by atoms with Crippen molar-refractivity contribution in [3.8, 4) is 0 Å². The second-order valence-corrected chi connectivity index (χ2v) is 7.48. The first kappa shape index (κ1) is 21.9. The standard InChI is InChI=1S/C21H21FN4O5/c1-13(14-4-8-16(22)9-5-14)24(3)18(27)12-25-19(28)21(2,23-20(25)29)15-6-10-17(11-7-15)26(30)31/h4-11,13H,12H2,1-3H3,(H,23,29). The van der Waals surface area contributed by atoms with Crippen molar-refractivity contribution in [1.29, 1.82) is 0 Å². The van der Waals surface area contributed by atoms with E-state index in [1.165, 1.54) is 55.3 Å². The van der Waals surface area contributed by atoms with Crippen molar-refractivity contribution in [1.82, 2.24) is 15.1 Å². The number of carbonyl (C=O) groups excluding carboxylic acids is 3. The Kier molecular flexibility index (Phi) is 5.74. The number of nitrogens with one attached hydrogen (secondary N) is 1. The van der Waals surface area contributed by atoms with Gasteiger partial charge in [-0.05, 0) is 49.2 Å². The van der Waals surface area contributed by atoms with Gasteiger partial charge in [0.1, 0.15) is 17.9 Å². The summed E-state index contributed by atoms with van der Waals surface area (Å²) in [6, 6.07) is 9.82. The van der Waals surface area contributed by atoms with Gasteiger partial charge >= 0.3 is 6.03 Å². The van der Waals surface area contributed by atoms with Crippen LogP contribution in [0.4, 0.5) is 14.9 Å². The summed E-state index contributed by atoms with van der Waals surface area (Å²) in [5, 5.41) is 13.4. The van der Waals surface area contributed by atoms with Crippen molar-refractivity contribution in [3.63, 3.8) is 0 Å². The second-order valence-electron chi connectivity index (χ2n) is 7.48. The Morgan fingerprint density at radius 3 is 2.32 bits per heavy atom. The summed E-state index contributed by atoms with van der Waals surface area (Å²) >= 11 is 0. The van der Waals surface area contributed by atoms with E-state index in [0.717, 1.165) is 4.90 Å². The molecule has 9 nitrogen and oxygen atoms in total. The molecule has 2 aromatic rings. The monoisotopic (exact) mass is 428 g/mol. The first-order valence-corrected chi connectivity index (χ1v) is 9.44. The maximum Gasteiger partial charge on any atom is 0.325 e. The fourth-order valence-corrected chi connectivity index (χ4v) is 3.38. The van der Waals surface area contributed by atoms with Gasteiger partial charge in [0, 0.05) is 19.2 Å². The van der Waals surface area contributed by atoms with Gasteiger partial charge in [-0.1, -0.05) is 12.1 Å². The van der Waals surface area contributed by atoms with E-state index in [1.54, 1.807) is 19.1 Å². The minimum atomic E-state index is -1.45. The Hall–Kier alpha value is -3.82. The lowest BCUT2D eigenvalue weighted by Crippen LogP contribution is -2.44. The molecule has 0 saturated carbocycles. The van der Waals surface area contributed by atoms with E-state index in [-0.39, 0.29) is 5.69 Å². The summed E-state index contributed by atoms with van der Waals surface area (Å²) in [5.74, 6) is -1.51. The number of carbonyl (C=O) groups is 3. The van der Waals surface area contributed by atoms with Crippen LogP contribution in [0.1, 0.15) is 31.0 Å². The van der Waals surface area contributed by atoms with Crippen LogP contribution in [0, 0.1) is 15.9 Å². The normalized spacial score (nSPS) is 19.2. The fourth-order valence-electron chi connectivity index (χ4n) is 3.38. The van der Waals surface area contributed by atoms with Gasteiger partial charge in [0.05, 0.1) is 11.0 Å². The fraction of sp³-hybridized carbons (Fsp3) is 0.286. The van der Waals surface area contributed by atoms with Gasteiger partial charge in [-0.15, -0.1) is 0 Å². The van der Waals surface area contributed by atoms with Crippen molar-refractivity contribution in [3.05, 3.63) is 75.6 Å². The highest BCUT2D eigenvalue weighted by Gasteiger charge is 2.49. The molecule has 2 aromatic carbocycles. The van der Waals surface area contributed by atoms with E-state index < -0.39 is 46.7 Å². The third kappa shape index (κ3) is 4.09. The number of nitrogens with zero attached hydrogens (tertiary/aromatic N) is 3. The Balaban J connectivity index is 1.75. The molecule has 1 aliphatic rings. The van der Waals surface area contributed by atoms with Gasteiger partial charge in [-0.25, -0.2) is 9.18 Å². The smallest absolute Gasteiger partial charge is 0.325 e. The van der Waals surface area contributed by atoms with E-state index in [4.69, 9.17) is 0 Å². The SMILES string of the molecule is CC(c1ccc(F)cc1)N(C)C(=O)CN1C(=O)NC(C)(c2ccc([N+](=O)[O-])cc2)C1=O. The molecule has 0 radical (unpaired) electrons. The predicted octanol–water partition coefficient (Wildman–Crippen LogP) is 2.72. The molecular formula is C21H21FN4O5. The number of urea groups is 1. The number of non-ortho nitro benzene ring substituents is 1. The number of likely N-dealkylation sites (N-methyl/N-ethyl adjacent to an activating group) is 1. The molecule has 3 rings (SSSR count). The number of hydrogen-bond acceptors (Lipinski definition) is 5. The van der Waals surface area contributed by atoms with Crippen LogP contribution in [0.25, 0.3) is 0 Å². The number of halogens is 1. The average Bonchev–Trinajstić information content (AvgIpc) is 2.97. The lowest BCUT2D eigenvalue weighted by molar-refractivity contribution is -0.384. The maximum atomic E-state index is 13.1. The van der Waals surface area contributed by atoms with Crippen LogP contribution < -0.4 is 5.32 Å². The summed E-state index contributed by atoms with van der Waals surface area (Å²) in [6.45, 7) is 2.75. The molecule has 0 bridgehead atoms. The zero-order valence-electron chi connectivity index (χ0n) is 17.2. The number of nitro groups is 1. The summed E-state index contributed by atoms with van der Waals surface area (Å²) in [4.78, 5) is 50.7. The first-order valence-electron chi connectivity index (χ1n) is 9.44. The highest BCUT2D eigenvalue weighted by atomic mass is 19.1. The number of imide groups is 1. The van der Waals surface area contributed by atoms with Crippen LogP contribution in [0.5, 0.6) is 0 Å². The first-order chi connectivity index (χ1) is 14.5. The van der Waals surface area contributed by atoms with E-state index >= 15 is 0 Å². The van der Waals surface area contributed by atoms with Crippen molar-refractivity contribution < 1.29 is 23.7 Å². The molecule has 0 aromatic heterocycles. The zero-order valence-corrected chi connectivity index (χ0v) is 17.2. The van der Waals surface area contributed by atoms with E-state index in [9.17, 15) is 28.9 Å². The Bertz CT molecular complexity index is 1040. The van der Waals surface area contributed by atoms with Gasteiger partial charge in [0.15, 0.2) is 0 Å². The third-order valence-electron chi connectivity index (χ3n) is 5.55. The number of amides is 4. The Morgan fingerprint density at radius 2 is 1.77 bits per heavy atom. The summed E-state index contributed by atoms with van der Waals surface area (Å²) in [7, 11) is 1.53. The molecule has 4 amide bonds. The largest absolute Gasteiger partial charge is 0.337 e. The molecule has 0 aliphatic carbocycles. The van der Waals surface area contributed by atoms with Gasteiger partial charge in [0.25, 0.3) is 11.6 Å². The van der Waals surface area contributed by atoms with Crippen LogP contribution in [0.2, 0.25) is 0 Å². The quantitative estimate of drug-likeness (QED) is 0.432. The highest BCUT2D eigenvalue weighted by Crippen LogP contribution is 2.30. The van der Waals surface area contributed by atoms with Gasteiger partial charge < -0.3 is 10.2 Å². The van der Waals surface area contributed by atoms with Gasteiger partial charge in [0.2, 0.25) is 5.91 Å². The van der Waals surface area contributed by atoms with Crippen molar-refractivity contribution in [2.75, 3.05) is 13.6 Å². The molecule has 1 fully saturated rings. The predicted molar refractivity (Wildman–Crippen MR) is 108 cm³/mol. The van der Waals surface area contributed by atoms with Crippen LogP contribution in [-0.2, 0) is 15.1 Å². The molecule has 1 aliphatic heterocycles. The lowest BCUT2D eigenvalue weighted by Gasteiger charge is -2.27. The van der Waals surface area contributed by atoms with Crippen LogP contribution in [0.3, 0.4) is 0 Å². The van der Waals surface area contributed by atoms with E-state index in [0.29, 0.717) is 11.1 Å². The lowest BCUT2D eigenvalue weighted by atomic mass is 9.92. The molecule has 2 unspecified atom stereocenters. The maximum absolute atomic E-state index is 13.1. The number of hydrogen-bond donors (Lipinski definition) is 1. The van der Waals surface area contributed by atoms with Crippen molar-refractivity contribution in [2.24, 2.45) is 0 Å². The molecule has 162 valence electrons. The number of rotatable bonds is 6. The topological polar surface area (TPSA) is 113 Å². The molecule has 1 heterocycles. The molecular weight excluding hydrogens is 407 g/mol. The summed E-state index contributed by atoms with van der Waals surface area (Å²) < 4.78 is 13.1. The Labute approximate surface area is 177 Å². The molecule has 2 atom stereocenters. The van der Waals surface area contributed by atoms with Gasteiger partial charge in [-0.3, -0.25) is 24.6 Å². The van der Waals surface area contributed by atoms with Crippen LogP contribution in [0.15, 0.2) is 48.5 Å². The minimum Gasteiger partial charge on any atom is -0.337 e. The van der Waals surface area contributed by atoms with Crippen LogP contribution >= 0.6 is 0 Å². The molecule has 10 heteroatoms. The number of benzene rings is 2.